The lowest BCUT2D eigenvalue weighted by atomic mass is 10.0. The standard InChI is InChI=1S/C13H14F3NO/c14-13(15,16)10-6-4-9(5-7-10)12(17)11-3-1-2-8-18-11/h3-7,12H,1-2,8,17H2. The average Bonchev–Trinajstić information content (AvgIpc) is 2.38. The largest absolute Gasteiger partial charge is 0.496 e. The van der Waals surface area contributed by atoms with Crippen LogP contribution in [-0.2, 0) is 10.9 Å². The maximum atomic E-state index is 12.4. The molecule has 1 aromatic rings. The fourth-order valence-corrected chi connectivity index (χ4v) is 1.84. The number of rotatable bonds is 2. The van der Waals surface area contributed by atoms with Crippen molar-refractivity contribution in [1.82, 2.24) is 0 Å². The van der Waals surface area contributed by atoms with E-state index in [2.05, 4.69) is 0 Å². The second kappa shape index (κ2) is 5.02. The first-order valence-corrected chi connectivity index (χ1v) is 5.74. The average molecular weight is 257 g/mol. The molecule has 0 saturated carbocycles. The summed E-state index contributed by atoms with van der Waals surface area (Å²) in [6.45, 7) is 0.611. The van der Waals surface area contributed by atoms with Gasteiger partial charge < -0.3 is 10.5 Å². The number of benzene rings is 1. The van der Waals surface area contributed by atoms with Gasteiger partial charge >= 0.3 is 6.18 Å². The molecule has 1 atom stereocenters. The van der Waals surface area contributed by atoms with Crippen LogP contribution < -0.4 is 5.73 Å². The minimum absolute atomic E-state index is 0.493. The van der Waals surface area contributed by atoms with Gasteiger partial charge in [0, 0.05) is 0 Å². The monoisotopic (exact) mass is 257 g/mol. The number of allylic oxidation sites excluding steroid dienone is 1. The molecule has 0 fully saturated rings. The van der Waals surface area contributed by atoms with Gasteiger partial charge in [0.15, 0.2) is 0 Å². The Bertz CT molecular complexity index is 437. The molecule has 1 aromatic carbocycles. The zero-order chi connectivity index (χ0) is 13.2. The second-order valence-electron chi connectivity index (χ2n) is 4.19. The Balaban J connectivity index is 2.16. The quantitative estimate of drug-likeness (QED) is 0.881. The highest BCUT2D eigenvalue weighted by Gasteiger charge is 2.30. The van der Waals surface area contributed by atoms with E-state index in [1.807, 2.05) is 6.08 Å². The number of ether oxygens (including phenoxy) is 1. The summed E-state index contributed by atoms with van der Waals surface area (Å²) < 4.78 is 42.6. The van der Waals surface area contributed by atoms with Gasteiger partial charge in [0.1, 0.15) is 5.76 Å². The van der Waals surface area contributed by atoms with Crippen molar-refractivity contribution in [2.45, 2.75) is 25.1 Å². The van der Waals surface area contributed by atoms with Gasteiger partial charge in [-0.2, -0.15) is 13.2 Å². The molecule has 2 rings (SSSR count). The predicted octanol–water partition coefficient (Wildman–Crippen LogP) is 3.40. The molecule has 0 radical (unpaired) electrons. The summed E-state index contributed by atoms with van der Waals surface area (Å²) in [4.78, 5) is 0. The summed E-state index contributed by atoms with van der Waals surface area (Å²) in [7, 11) is 0. The highest BCUT2D eigenvalue weighted by Crippen LogP contribution is 2.31. The molecule has 1 aliphatic heterocycles. The summed E-state index contributed by atoms with van der Waals surface area (Å²) in [5.41, 5.74) is 5.91. The van der Waals surface area contributed by atoms with E-state index in [0.717, 1.165) is 25.0 Å². The smallest absolute Gasteiger partial charge is 0.416 e. The van der Waals surface area contributed by atoms with Crippen LogP contribution in [0.3, 0.4) is 0 Å². The summed E-state index contributed by atoms with van der Waals surface area (Å²) in [6, 6.07) is 4.38. The van der Waals surface area contributed by atoms with Gasteiger partial charge in [-0.05, 0) is 36.6 Å². The Labute approximate surface area is 103 Å². The molecule has 0 saturated heterocycles. The molecule has 1 aliphatic rings. The van der Waals surface area contributed by atoms with Crippen LogP contribution in [0.1, 0.15) is 30.0 Å². The first-order valence-electron chi connectivity index (χ1n) is 5.74. The van der Waals surface area contributed by atoms with Crippen molar-refractivity contribution < 1.29 is 17.9 Å². The van der Waals surface area contributed by atoms with Crippen LogP contribution >= 0.6 is 0 Å². The molecule has 1 unspecified atom stereocenters. The van der Waals surface area contributed by atoms with Gasteiger partial charge in [0.2, 0.25) is 0 Å². The van der Waals surface area contributed by atoms with Crippen molar-refractivity contribution in [1.29, 1.82) is 0 Å². The van der Waals surface area contributed by atoms with E-state index >= 15 is 0 Å². The van der Waals surface area contributed by atoms with Crippen LogP contribution in [0.15, 0.2) is 36.1 Å². The molecule has 2 nitrogen and oxygen atoms in total. The van der Waals surface area contributed by atoms with E-state index in [1.165, 1.54) is 12.1 Å². The summed E-state index contributed by atoms with van der Waals surface area (Å²) in [6.07, 6.45) is -0.581. The molecule has 18 heavy (non-hydrogen) atoms. The Morgan fingerprint density at radius 2 is 1.83 bits per heavy atom. The Hall–Kier alpha value is -1.49. The first kappa shape index (κ1) is 13.0. The van der Waals surface area contributed by atoms with Gasteiger partial charge in [0.25, 0.3) is 0 Å². The molecule has 0 bridgehead atoms. The number of hydrogen-bond acceptors (Lipinski definition) is 2. The van der Waals surface area contributed by atoms with E-state index in [0.29, 0.717) is 17.9 Å². The molecular weight excluding hydrogens is 243 g/mol. The summed E-state index contributed by atoms with van der Waals surface area (Å²) in [5, 5.41) is 0. The van der Waals surface area contributed by atoms with Crippen LogP contribution in [0.4, 0.5) is 13.2 Å². The Morgan fingerprint density at radius 3 is 2.33 bits per heavy atom. The van der Waals surface area contributed by atoms with E-state index in [-0.39, 0.29) is 0 Å². The molecule has 1 heterocycles. The van der Waals surface area contributed by atoms with Crippen LogP contribution in [0.5, 0.6) is 0 Å². The maximum absolute atomic E-state index is 12.4. The molecule has 0 aliphatic carbocycles. The molecule has 0 spiro atoms. The minimum Gasteiger partial charge on any atom is -0.496 e. The fraction of sp³-hybridized carbons (Fsp3) is 0.385. The lowest BCUT2D eigenvalue weighted by Crippen LogP contribution is -2.18. The zero-order valence-electron chi connectivity index (χ0n) is 9.70. The number of nitrogens with two attached hydrogens (primary N) is 1. The zero-order valence-corrected chi connectivity index (χ0v) is 9.70. The Kier molecular flexibility index (Phi) is 3.61. The Morgan fingerprint density at radius 1 is 1.17 bits per heavy atom. The molecule has 2 N–H and O–H groups in total. The van der Waals surface area contributed by atoms with Crippen molar-refractivity contribution in [2.75, 3.05) is 6.61 Å². The van der Waals surface area contributed by atoms with E-state index in [1.54, 1.807) is 0 Å². The highest BCUT2D eigenvalue weighted by atomic mass is 19.4. The molecule has 5 heteroatoms. The second-order valence-corrected chi connectivity index (χ2v) is 4.19. The van der Waals surface area contributed by atoms with Crippen LogP contribution in [-0.4, -0.2) is 6.61 Å². The van der Waals surface area contributed by atoms with Gasteiger partial charge in [-0.15, -0.1) is 0 Å². The van der Waals surface area contributed by atoms with Crippen molar-refractivity contribution in [3.8, 4) is 0 Å². The van der Waals surface area contributed by atoms with Gasteiger partial charge in [0.05, 0.1) is 18.2 Å². The summed E-state index contributed by atoms with van der Waals surface area (Å²) in [5.74, 6) is 0.640. The van der Waals surface area contributed by atoms with Crippen molar-refractivity contribution in [2.24, 2.45) is 5.73 Å². The number of alkyl halides is 3. The topological polar surface area (TPSA) is 35.2 Å². The summed E-state index contributed by atoms with van der Waals surface area (Å²) >= 11 is 0. The predicted molar refractivity (Wildman–Crippen MR) is 61.6 cm³/mol. The van der Waals surface area contributed by atoms with Crippen LogP contribution in [0.2, 0.25) is 0 Å². The van der Waals surface area contributed by atoms with Crippen molar-refractivity contribution in [3.05, 3.63) is 47.2 Å². The first-order chi connectivity index (χ1) is 8.48. The van der Waals surface area contributed by atoms with Crippen molar-refractivity contribution >= 4 is 0 Å². The fourth-order valence-electron chi connectivity index (χ4n) is 1.84. The highest BCUT2D eigenvalue weighted by molar-refractivity contribution is 5.30. The maximum Gasteiger partial charge on any atom is 0.416 e. The number of hydrogen-bond donors (Lipinski definition) is 1. The van der Waals surface area contributed by atoms with E-state index in [4.69, 9.17) is 10.5 Å². The van der Waals surface area contributed by atoms with E-state index < -0.39 is 17.8 Å². The van der Waals surface area contributed by atoms with Crippen molar-refractivity contribution in [3.63, 3.8) is 0 Å². The molecule has 98 valence electrons. The SMILES string of the molecule is NC(C1=CCCCO1)c1ccc(C(F)(F)F)cc1. The van der Waals surface area contributed by atoms with Crippen LogP contribution in [0.25, 0.3) is 0 Å². The lowest BCUT2D eigenvalue weighted by molar-refractivity contribution is -0.137. The number of halogens is 3. The third-order valence-electron chi connectivity index (χ3n) is 2.87. The minimum atomic E-state index is -4.32. The third-order valence-corrected chi connectivity index (χ3v) is 2.87. The van der Waals surface area contributed by atoms with Gasteiger partial charge in [-0.1, -0.05) is 12.1 Å². The molecular formula is C13H14F3NO. The van der Waals surface area contributed by atoms with Gasteiger partial charge in [-0.25, -0.2) is 0 Å². The van der Waals surface area contributed by atoms with E-state index in [9.17, 15) is 13.2 Å². The molecule has 0 aromatic heterocycles. The molecule has 0 amide bonds. The third kappa shape index (κ3) is 2.85. The van der Waals surface area contributed by atoms with Crippen LogP contribution in [0, 0.1) is 0 Å². The normalized spacial score (nSPS) is 17.9. The lowest BCUT2D eigenvalue weighted by Gasteiger charge is -2.21. The van der Waals surface area contributed by atoms with Gasteiger partial charge in [-0.3, -0.25) is 0 Å².